The number of ether oxygens (including phenoxy) is 2. The fraction of sp³-hybridized carbons (Fsp3) is 0.875. The SMILES string of the molecule is CCOC(=O)C(CCCCN1CCCCC1)C(=O)OCC.[NaH].[NaH]. The Hall–Kier alpha value is 0.900. The number of piperidine rings is 1. The summed E-state index contributed by atoms with van der Waals surface area (Å²) in [6.07, 6.45) is 6.28. The van der Waals surface area contributed by atoms with Gasteiger partial charge in [-0.05, 0) is 59.2 Å². The number of rotatable bonds is 9. The standard InChI is InChI=1S/C16H29NO4.2Na.2H/c1-3-20-15(18)14(16(19)21-4-2)10-6-9-13-17-11-7-5-8-12-17;;;;/h14H,3-13H2,1-2H3;;;;. The monoisotopic (exact) mass is 347 g/mol. The molecule has 1 fully saturated rings. The van der Waals surface area contributed by atoms with Gasteiger partial charge in [0.25, 0.3) is 0 Å². The minimum atomic E-state index is -0.758. The van der Waals surface area contributed by atoms with Gasteiger partial charge in [0.2, 0.25) is 0 Å². The van der Waals surface area contributed by atoms with Gasteiger partial charge in [-0.15, -0.1) is 0 Å². The summed E-state index contributed by atoms with van der Waals surface area (Å²) in [5, 5.41) is 0. The van der Waals surface area contributed by atoms with Gasteiger partial charge >= 0.3 is 71.1 Å². The predicted octanol–water partition coefficient (Wildman–Crippen LogP) is 1.09. The van der Waals surface area contributed by atoms with Crippen molar-refractivity contribution in [1.82, 2.24) is 4.90 Å². The second-order valence-corrected chi connectivity index (χ2v) is 5.45. The number of hydrogen-bond acceptors (Lipinski definition) is 5. The Morgan fingerprint density at radius 1 is 0.913 bits per heavy atom. The third-order valence-electron chi connectivity index (χ3n) is 3.81. The van der Waals surface area contributed by atoms with Crippen molar-refractivity contribution < 1.29 is 19.1 Å². The molecule has 0 bridgehead atoms. The molecule has 0 aromatic heterocycles. The average molecular weight is 347 g/mol. The molecule has 0 spiro atoms. The quantitative estimate of drug-likeness (QED) is 0.270. The Labute approximate surface area is 184 Å². The van der Waals surface area contributed by atoms with E-state index < -0.39 is 17.9 Å². The molecule has 5 nitrogen and oxygen atoms in total. The Balaban J connectivity index is 0. The molecule has 0 unspecified atom stereocenters. The number of carbonyl (C=O) groups excluding carboxylic acids is 2. The van der Waals surface area contributed by atoms with Gasteiger partial charge in [-0.2, -0.15) is 0 Å². The van der Waals surface area contributed by atoms with Gasteiger partial charge in [0, 0.05) is 0 Å². The minimum absolute atomic E-state index is 0. The van der Waals surface area contributed by atoms with Crippen LogP contribution >= 0.6 is 0 Å². The van der Waals surface area contributed by atoms with Gasteiger partial charge in [-0.3, -0.25) is 9.59 Å². The fourth-order valence-electron chi connectivity index (χ4n) is 2.68. The first-order chi connectivity index (χ1) is 10.2. The molecule has 23 heavy (non-hydrogen) atoms. The topological polar surface area (TPSA) is 55.8 Å². The summed E-state index contributed by atoms with van der Waals surface area (Å²) in [4.78, 5) is 26.1. The van der Waals surface area contributed by atoms with Gasteiger partial charge in [0.1, 0.15) is 0 Å². The van der Waals surface area contributed by atoms with Crippen molar-refractivity contribution in [2.75, 3.05) is 32.8 Å². The van der Waals surface area contributed by atoms with Gasteiger partial charge in [0.05, 0.1) is 13.2 Å². The molecule has 0 aliphatic carbocycles. The number of esters is 2. The van der Waals surface area contributed by atoms with E-state index in [9.17, 15) is 9.59 Å². The molecular weight excluding hydrogens is 316 g/mol. The van der Waals surface area contributed by atoms with Crippen LogP contribution in [0.1, 0.15) is 52.4 Å². The Kier molecular flexibility index (Phi) is 18.6. The van der Waals surface area contributed by atoms with Crippen molar-refractivity contribution in [1.29, 1.82) is 0 Å². The third kappa shape index (κ3) is 11.2. The van der Waals surface area contributed by atoms with Crippen molar-refractivity contribution >= 4 is 71.1 Å². The van der Waals surface area contributed by atoms with Crippen molar-refractivity contribution in [3.8, 4) is 0 Å². The number of carbonyl (C=O) groups is 2. The molecule has 0 aromatic carbocycles. The summed E-state index contributed by atoms with van der Waals surface area (Å²) in [6, 6.07) is 0. The van der Waals surface area contributed by atoms with Crippen molar-refractivity contribution in [3.05, 3.63) is 0 Å². The van der Waals surface area contributed by atoms with E-state index in [0.29, 0.717) is 19.6 Å². The van der Waals surface area contributed by atoms with E-state index in [2.05, 4.69) is 4.90 Å². The molecule has 1 saturated heterocycles. The first-order valence-corrected chi connectivity index (χ1v) is 8.24. The van der Waals surface area contributed by atoms with Crippen LogP contribution in [0.3, 0.4) is 0 Å². The average Bonchev–Trinajstić information content (AvgIpc) is 2.48. The molecule has 1 rings (SSSR count). The Bertz CT molecular complexity index is 305. The number of nitrogens with zero attached hydrogens (tertiary/aromatic N) is 1. The number of hydrogen-bond donors (Lipinski definition) is 0. The first-order valence-electron chi connectivity index (χ1n) is 8.24. The van der Waals surface area contributed by atoms with Crippen LogP contribution in [0.5, 0.6) is 0 Å². The van der Waals surface area contributed by atoms with Gasteiger partial charge in [-0.25, -0.2) is 0 Å². The van der Waals surface area contributed by atoms with Crippen LogP contribution in [-0.4, -0.2) is 109 Å². The summed E-state index contributed by atoms with van der Waals surface area (Å²) in [7, 11) is 0. The normalized spacial score (nSPS) is 14.6. The maximum absolute atomic E-state index is 11.8. The van der Waals surface area contributed by atoms with Crippen LogP contribution < -0.4 is 0 Å². The molecule has 0 atom stereocenters. The molecule has 7 heteroatoms. The Morgan fingerprint density at radius 3 is 1.91 bits per heavy atom. The second kappa shape index (κ2) is 16.4. The summed E-state index contributed by atoms with van der Waals surface area (Å²) < 4.78 is 9.94. The Morgan fingerprint density at radius 2 is 1.43 bits per heavy atom. The number of likely N-dealkylation sites (tertiary alicyclic amines) is 1. The van der Waals surface area contributed by atoms with E-state index in [-0.39, 0.29) is 59.1 Å². The second-order valence-electron chi connectivity index (χ2n) is 5.45. The van der Waals surface area contributed by atoms with E-state index >= 15 is 0 Å². The molecule has 126 valence electrons. The molecule has 0 saturated carbocycles. The van der Waals surface area contributed by atoms with Crippen LogP contribution in [-0.2, 0) is 19.1 Å². The van der Waals surface area contributed by atoms with Crippen LogP contribution in [0.4, 0.5) is 0 Å². The zero-order valence-electron chi connectivity index (χ0n) is 13.4. The molecule has 0 amide bonds. The van der Waals surface area contributed by atoms with Crippen molar-refractivity contribution in [3.63, 3.8) is 0 Å². The summed E-state index contributed by atoms with van der Waals surface area (Å²) in [6.45, 7) is 7.49. The van der Waals surface area contributed by atoms with Crippen LogP contribution in [0.2, 0.25) is 0 Å². The first kappa shape index (κ1) is 26.1. The zero-order chi connectivity index (χ0) is 15.5. The van der Waals surface area contributed by atoms with Crippen LogP contribution in [0, 0.1) is 5.92 Å². The van der Waals surface area contributed by atoms with E-state index in [0.717, 1.165) is 19.4 Å². The van der Waals surface area contributed by atoms with Crippen LogP contribution in [0.25, 0.3) is 0 Å². The van der Waals surface area contributed by atoms with Crippen molar-refractivity contribution in [2.45, 2.75) is 52.4 Å². The van der Waals surface area contributed by atoms with Gasteiger partial charge in [-0.1, -0.05) is 12.8 Å². The molecule has 1 aliphatic rings. The predicted molar refractivity (Wildman–Crippen MR) is 95.2 cm³/mol. The molecule has 0 aromatic rings. The molecular formula is C16H31NNa2O4. The van der Waals surface area contributed by atoms with Crippen LogP contribution in [0.15, 0.2) is 0 Å². The van der Waals surface area contributed by atoms with Gasteiger partial charge < -0.3 is 14.4 Å². The zero-order valence-corrected chi connectivity index (χ0v) is 13.4. The molecule has 1 aliphatic heterocycles. The van der Waals surface area contributed by atoms with Crippen molar-refractivity contribution in [2.24, 2.45) is 5.92 Å². The third-order valence-corrected chi connectivity index (χ3v) is 3.81. The van der Waals surface area contributed by atoms with E-state index in [4.69, 9.17) is 9.47 Å². The summed E-state index contributed by atoms with van der Waals surface area (Å²) >= 11 is 0. The van der Waals surface area contributed by atoms with E-state index in [1.165, 1.54) is 32.4 Å². The molecule has 0 radical (unpaired) electrons. The van der Waals surface area contributed by atoms with E-state index in [1.807, 2.05) is 0 Å². The fourth-order valence-corrected chi connectivity index (χ4v) is 2.68. The molecule has 0 N–H and O–H groups in total. The maximum atomic E-state index is 11.8. The summed E-state index contributed by atoms with van der Waals surface area (Å²) in [5.74, 6) is -1.66. The van der Waals surface area contributed by atoms with E-state index in [1.54, 1.807) is 13.8 Å². The molecule has 1 heterocycles. The number of unbranched alkanes of at least 4 members (excludes halogenated alkanes) is 1. The summed E-state index contributed by atoms with van der Waals surface area (Å²) in [5.41, 5.74) is 0. The van der Waals surface area contributed by atoms with Gasteiger partial charge in [0.15, 0.2) is 5.92 Å².